The molecule has 3 heteroatoms. The van der Waals surface area contributed by atoms with Crippen molar-refractivity contribution in [2.45, 2.75) is 32.3 Å². The second-order valence-corrected chi connectivity index (χ2v) is 4.51. The fraction of sp³-hybridized carbons (Fsp3) is 0.750. The van der Waals surface area contributed by atoms with Gasteiger partial charge in [0.2, 0.25) is 0 Å². The molecule has 2 nitrogen and oxygen atoms in total. The summed E-state index contributed by atoms with van der Waals surface area (Å²) in [6, 6.07) is 0. The van der Waals surface area contributed by atoms with E-state index < -0.39 is 8.03 Å². The molecule has 0 heterocycles. The maximum absolute atomic E-state index is 11.2. The minimum Gasteiger partial charge on any atom is -0.330 e. The molecule has 0 rings (SSSR count). The van der Waals surface area contributed by atoms with Crippen molar-refractivity contribution in [3.63, 3.8) is 0 Å². The molecule has 0 spiro atoms. The summed E-state index contributed by atoms with van der Waals surface area (Å²) in [6.07, 6.45) is 3.49. The van der Waals surface area contributed by atoms with E-state index in [0.717, 1.165) is 12.8 Å². The molecule has 0 saturated heterocycles. The molecule has 0 fully saturated rings. The standard InChI is InChI=1S/C8H17O2P/c1-4-6-8(3)11(9)10-7-5-2/h4,8,11H,1,5-7H2,2-3H3. The van der Waals surface area contributed by atoms with Gasteiger partial charge in [0.05, 0.1) is 6.61 Å². The summed E-state index contributed by atoms with van der Waals surface area (Å²) >= 11 is 0. The first-order chi connectivity index (χ1) is 5.22. The molecule has 66 valence electrons. The van der Waals surface area contributed by atoms with Crippen LogP contribution in [0.5, 0.6) is 0 Å². The smallest absolute Gasteiger partial charge is 0.194 e. The lowest BCUT2D eigenvalue weighted by atomic mass is 10.3. The van der Waals surface area contributed by atoms with E-state index in [2.05, 4.69) is 6.58 Å². The van der Waals surface area contributed by atoms with Crippen LogP contribution in [-0.2, 0) is 9.09 Å². The molecule has 11 heavy (non-hydrogen) atoms. The van der Waals surface area contributed by atoms with E-state index in [1.165, 1.54) is 0 Å². The van der Waals surface area contributed by atoms with Gasteiger partial charge in [-0.2, -0.15) is 0 Å². The molecule has 0 N–H and O–H groups in total. The first-order valence-corrected chi connectivity index (χ1v) is 5.39. The summed E-state index contributed by atoms with van der Waals surface area (Å²) in [4.78, 5) is 0. The zero-order valence-electron chi connectivity index (χ0n) is 7.30. The van der Waals surface area contributed by atoms with Crippen molar-refractivity contribution in [1.82, 2.24) is 0 Å². The maximum atomic E-state index is 11.2. The third-order valence-electron chi connectivity index (χ3n) is 1.37. The van der Waals surface area contributed by atoms with Crippen molar-refractivity contribution in [1.29, 1.82) is 0 Å². The highest BCUT2D eigenvalue weighted by Crippen LogP contribution is 2.31. The molecule has 0 aliphatic rings. The summed E-state index contributed by atoms with van der Waals surface area (Å²) in [7, 11) is -1.81. The Morgan fingerprint density at radius 3 is 2.82 bits per heavy atom. The van der Waals surface area contributed by atoms with Gasteiger partial charge in [0.15, 0.2) is 8.03 Å². The van der Waals surface area contributed by atoms with Gasteiger partial charge >= 0.3 is 0 Å². The number of rotatable bonds is 6. The number of hydrogen-bond acceptors (Lipinski definition) is 2. The van der Waals surface area contributed by atoms with Crippen molar-refractivity contribution in [2.75, 3.05) is 6.61 Å². The Morgan fingerprint density at radius 2 is 2.36 bits per heavy atom. The molecule has 2 unspecified atom stereocenters. The van der Waals surface area contributed by atoms with Gasteiger partial charge in [0, 0.05) is 5.66 Å². The van der Waals surface area contributed by atoms with Crippen LogP contribution in [0.4, 0.5) is 0 Å². The van der Waals surface area contributed by atoms with Gasteiger partial charge in [0.1, 0.15) is 0 Å². The first kappa shape index (κ1) is 10.9. The lowest BCUT2D eigenvalue weighted by Gasteiger charge is -2.08. The van der Waals surface area contributed by atoms with Gasteiger partial charge in [-0.1, -0.05) is 19.9 Å². The lowest BCUT2D eigenvalue weighted by molar-refractivity contribution is 0.324. The van der Waals surface area contributed by atoms with Gasteiger partial charge in [-0.3, -0.25) is 4.57 Å². The minimum absolute atomic E-state index is 0.143. The summed E-state index contributed by atoms with van der Waals surface area (Å²) in [5.74, 6) is 0. The first-order valence-electron chi connectivity index (χ1n) is 3.99. The Kier molecular flexibility index (Phi) is 6.59. The normalized spacial score (nSPS) is 15.8. The van der Waals surface area contributed by atoms with Gasteiger partial charge in [-0.25, -0.2) is 0 Å². The van der Waals surface area contributed by atoms with Crippen molar-refractivity contribution < 1.29 is 9.09 Å². The zero-order chi connectivity index (χ0) is 8.69. The molecule has 0 aliphatic carbocycles. The fourth-order valence-electron chi connectivity index (χ4n) is 0.691. The van der Waals surface area contributed by atoms with Crippen LogP contribution < -0.4 is 0 Å². The largest absolute Gasteiger partial charge is 0.330 e. The summed E-state index contributed by atoms with van der Waals surface area (Å²) < 4.78 is 16.3. The van der Waals surface area contributed by atoms with Crippen LogP contribution in [0.25, 0.3) is 0 Å². The average molecular weight is 176 g/mol. The van der Waals surface area contributed by atoms with Crippen LogP contribution in [0.3, 0.4) is 0 Å². The van der Waals surface area contributed by atoms with Crippen LogP contribution in [-0.4, -0.2) is 12.3 Å². The van der Waals surface area contributed by atoms with Crippen LogP contribution in [0.2, 0.25) is 0 Å². The minimum atomic E-state index is -1.81. The van der Waals surface area contributed by atoms with E-state index >= 15 is 0 Å². The Morgan fingerprint density at radius 1 is 1.73 bits per heavy atom. The van der Waals surface area contributed by atoms with Crippen molar-refractivity contribution in [3.8, 4) is 0 Å². The predicted molar refractivity (Wildman–Crippen MR) is 49.5 cm³/mol. The van der Waals surface area contributed by atoms with E-state index in [9.17, 15) is 4.57 Å². The molecule has 0 aliphatic heterocycles. The van der Waals surface area contributed by atoms with E-state index in [0.29, 0.717) is 6.61 Å². The molecule has 0 radical (unpaired) electrons. The van der Waals surface area contributed by atoms with Crippen LogP contribution >= 0.6 is 8.03 Å². The molecule has 0 aromatic rings. The highest BCUT2D eigenvalue weighted by Gasteiger charge is 2.08. The molecular weight excluding hydrogens is 159 g/mol. The van der Waals surface area contributed by atoms with Crippen LogP contribution in [0.1, 0.15) is 26.7 Å². The highest BCUT2D eigenvalue weighted by atomic mass is 31.1. The topological polar surface area (TPSA) is 26.3 Å². The Balaban J connectivity index is 3.54. The third kappa shape index (κ3) is 5.23. The second kappa shape index (κ2) is 6.63. The molecule has 0 aromatic carbocycles. The quantitative estimate of drug-likeness (QED) is 0.459. The fourth-order valence-corrected chi connectivity index (χ4v) is 1.74. The zero-order valence-corrected chi connectivity index (χ0v) is 8.30. The molecular formula is C8H17O2P. The number of hydrogen-bond donors (Lipinski definition) is 0. The number of allylic oxidation sites excluding steroid dienone is 1. The summed E-state index contributed by atoms with van der Waals surface area (Å²) in [5.41, 5.74) is 0.143. The Hall–Kier alpha value is -0.0700. The van der Waals surface area contributed by atoms with E-state index in [1.54, 1.807) is 6.08 Å². The van der Waals surface area contributed by atoms with Crippen molar-refractivity contribution in [2.24, 2.45) is 0 Å². The lowest BCUT2D eigenvalue weighted by Crippen LogP contribution is -1.96. The Bertz CT molecular complexity index is 134. The average Bonchev–Trinajstić information content (AvgIpc) is 2.00. The molecule has 2 atom stereocenters. The van der Waals surface area contributed by atoms with E-state index in [1.807, 2.05) is 13.8 Å². The molecule has 0 bridgehead atoms. The second-order valence-electron chi connectivity index (χ2n) is 2.59. The summed E-state index contributed by atoms with van der Waals surface area (Å²) in [6.45, 7) is 8.13. The van der Waals surface area contributed by atoms with Gasteiger partial charge in [-0.15, -0.1) is 6.58 Å². The monoisotopic (exact) mass is 176 g/mol. The van der Waals surface area contributed by atoms with Gasteiger partial charge in [-0.05, 0) is 12.8 Å². The Labute approximate surface area is 69.5 Å². The van der Waals surface area contributed by atoms with Gasteiger partial charge in [0.25, 0.3) is 0 Å². The molecule has 0 aromatic heterocycles. The molecule has 0 saturated carbocycles. The van der Waals surface area contributed by atoms with E-state index in [-0.39, 0.29) is 5.66 Å². The summed E-state index contributed by atoms with van der Waals surface area (Å²) in [5, 5.41) is 0. The van der Waals surface area contributed by atoms with Crippen LogP contribution in [0.15, 0.2) is 12.7 Å². The van der Waals surface area contributed by atoms with Crippen molar-refractivity contribution >= 4 is 8.03 Å². The van der Waals surface area contributed by atoms with Crippen molar-refractivity contribution in [3.05, 3.63) is 12.7 Å². The third-order valence-corrected chi connectivity index (χ3v) is 2.90. The SMILES string of the molecule is C=CCC(C)[PH](=O)OCCC. The molecule has 0 amide bonds. The van der Waals surface area contributed by atoms with Crippen LogP contribution in [0, 0.1) is 0 Å². The maximum Gasteiger partial charge on any atom is 0.194 e. The van der Waals surface area contributed by atoms with Gasteiger partial charge < -0.3 is 4.52 Å². The highest BCUT2D eigenvalue weighted by molar-refractivity contribution is 7.40. The van der Waals surface area contributed by atoms with E-state index in [4.69, 9.17) is 4.52 Å². The predicted octanol–water partition coefficient (Wildman–Crippen LogP) is 2.85.